The summed E-state index contributed by atoms with van der Waals surface area (Å²) in [5.41, 5.74) is 0.102. The highest BCUT2D eigenvalue weighted by Gasteiger charge is 2.16. The summed E-state index contributed by atoms with van der Waals surface area (Å²) in [5, 5.41) is 15.0. The standard InChI is InChI=1S/C14H15N3O3S/c18-17(19)11-4-6-12(7-5-11)21-13-9-15-16(10-13)14-3-1-2-8-20-14/h4-7,9-10,14H,1-3,8H2. The van der Waals surface area contributed by atoms with Crippen LogP contribution in [-0.2, 0) is 4.74 Å². The van der Waals surface area contributed by atoms with Gasteiger partial charge in [0, 0.05) is 29.8 Å². The third kappa shape index (κ3) is 3.43. The molecule has 6 nitrogen and oxygen atoms in total. The number of nitro groups is 1. The molecule has 1 unspecified atom stereocenters. The van der Waals surface area contributed by atoms with Crippen LogP contribution < -0.4 is 0 Å². The van der Waals surface area contributed by atoms with Crippen molar-refractivity contribution >= 4 is 17.4 Å². The van der Waals surface area contributed by atoms with Crippen molar-refractivity contribution in [1.82, 2.24) is 9.78 Å². The van der Waals surface area contributed by atoms with Crippen LogP contribution in [0.15, 0.2) is 46.5 Å². The van der Waals surface area contributed by atoms with E-state index in [2.05, 4.69) is 5.10 Å². The van der Waals surface area contributed by atoms with Gasteiger partial charge in [0.15, 0.2) is 0 Å². The molecule has 1 aliphatic rings. The number of ether oxygens (including phenoxy) is 1. The lowest BCUT2D eigenvalue weighted by Crippen LogP contribution is -2.18. The zero-order valence-electron chi connectivity index (χ0n) is 11.3. The summed E-state index contributed by atoms with van der Waals surface area (Å²) in [6, 6.07) is 6.52. The van der Waals surface area contributed by atoms with E-state index in [4.69, 9.17) is 4.74 Å². The van der Waals surface area contributed by atoms with E-state index in [1.807, 2.05) is 10.9 Å². The third-order valence-corrected chi connectivity index (χ3v) is 4.27. The first-order chi connectivity index (χ1) is 10.2. The van der Waals surface area contributed by atoms with Crippen LogP contribution in [0.25, 0.3) is 0 Å². The molecule has 21 heavy (non-hydrogen) atoms. The molecule has 2 aromatic rings. The fourth-order valence-corrected chi connectivity index (χ4v) is 3.04. The van der Waals surface area contributed by atoms with Gasteiger partial charge in [-0.15, -0.1) is 0 Å². The van der Waals surface area contributed by atoms with Gasteiger partial charge in [0.25, 0.3) is 5.69 Å². The van der Waals surface area contributed by atoms with Gasteiger partial charge in [0.1, 0.15) is 6.23 Å². The number of non-ortho nitro benzene ring substituents is 1. The normalized spacial score (nSPS) is 18.6. The van der Waals surface area contributed by atoms with Gasteiger partial charge in [-0.05, 0) is 31.4 Å². The van der Waals surface area contributed by atoms with Crippen molar-refractivity contribution in [3.8, 4) is 0 Å². The van der Waals surface area contributed by atoms with Crippen molar-refractivity contribution in [2.75, 3.05) is 6.61 Å². The Morgan fingerprint density at radius 1 is 1.29 bits per heavy atom. The van der Waals surface area contributed by atoms with E-state index in [0.29, 0.717) is 0 Å². The Balaban J connectivity index is 1.67. The summed E-state index contributed by atoms with van der Waals surface area (Å²) in [6.07, 6.45) is 7.05. The smallest absolute Gasteiger partial charge is 0.269 e. The molecule has 110 valence electrons. The van der Waals surface area contributed by atoms with Crippen LogP contribution in [0.4, 0.5) is 5.69 Å². The van der Waals surface area contributed by atoms with Gasteiger partial charge in [0.05, 0.1) is 16.0 Å². The molecule has 0 spiro atoms. The summed E-state index contributed by atoms with van der Waals surface area (Å²) in [5.74, 6) is 0. The zero-order chi connectivity index (χ0) is 14.7. The lowest BCUT2D eigenvalue weighted by molar-refractivity contribution is -0.384. The molecule has 1 fully saturated rings. The summed E-state index contributed by atoms with van der Waals surface area (Å²) < 4.78 is 7.54. The van der Waals surface area contributed by atoms with Crippen molar-refractivity contribution in [2.24, 2.45) is 0 Å². The first-order valence-corrected chi connectivity index (χ1v) is 7.62. The van der Waals surface area contributed by atoms with E-state index in [9.17, 15) is 10.1 Å². The predicted octanol–water partition coefficient (Wildman–Crippen LogP) is 3.64. The minimum Gasteiger partial charge on any atom is -0.357 e. The number of rotatable bonds is 4. The van der Waals surface area contributed by atoms with E-state index in [1.165, 1.54) is 23.9 Å². The van der Waals surface area contributed by atoms with Crippen LogP contribution in [0.1, 0.15) is 25.5 Å². The second-order valence-electron chi connectivity index (χ2n) is 4.83. The average Bonchev–Trinajstić information content (AvgIpc) is 2.97. The number of hydrogen-bond acceptors (Lipinski definition) is 5. The molecule has 1 aromatic carbocycles. The van der Waals surface area contributed by atoms with E-state index in [1.54, 1.807) is 18.3 Å². The summed E-state index contributed by atoms with van der Waals surface area (Å²) in [6.45, 7) is 0.787. The van der Waals surface area contributed by atoms with Crippen LogP contribution in [0.5, 0.6) is 0 Å². The molecule has 0 amide bonds. The summed E-state index contributed by atoms with van der Waals surface area (Å²) in [7, 11) is 0. The quantitative estimate of drug-likeness (QED) is 0.637. The zero-order valence-corrected chi connectivity index (χ0v) is 12.2. The number of benzene rings is 1. The fourth-order valence-electron chi connectivity index (χ4n) is 2.24. The Morgan fingerprint density at radius 3 is 2.76 bits per heavy atom. The van der Waals surface area contributed by atoms with E-state index in [-0.39, 0.29) is 11.9 Å². The largest absolute Gasteiger partial charge is 0.357 e. The fraction of sp³-hybridized carbons (Fsp3) is 0.357. The molecule has 1 aromatic heterocycles. The Bertz CT molecular complexity index is 621. The molecule has 0 saturated carbocycles. The second kappa shape index (κ2) is 6.28. The van der Waals surface area contributed by atoms with E-state index >= 15 is 0 Å². The molecular weight excluding hydrogens is 290 g/mol. The van der Waals surface area contributed by atoms with E-state index in [0.717, 1.165) is 35.7 Å². The molecule has 0 radical (unpaired) electrons. The number of nitro benzene ring substituents is 1. The molecule has 1 saturated heterocycles. The highest BCUT2D eigenvalue weighted by molar-refractivity contribution is 7.99. The van der Waals surface area contributed by atoms with Crippen LogP contribution in [-0.4, -0.2) is 21.3 Å². The Kier molecular flexibility index (Phi) is 4.21. The first kappa shape index (κ1) is 14.1. The average molecular weight is 305 g/mol. The van der Waals surface area contributed by atoms with Crippen LogP contribution in [0.2, 0.25) is 0 Å². The molecule has 0 bridgehead atoms. The molecular formula is C14H15N3O3S. The Labute approximate surface area is 126 Å². The molecule has 0 N–H and O–H groups in total. The number of aromatic nitrogens is 2. The molecule has 2 heterocycles. The minimum atomic E-state index is -0.396. The van der Waals surface area contributed by atoms with Crippen molar-refractivity contribution in [3.05, 3.63) is 46.8 Å². The maximum atomic E-state index is 10.6. The highest BCUT2D eigenvalue weighted by Crippen LogP contribution is 2.30. The molecule has 1 aliphatic heterocycles. The molecule has 3 rings (SSSR count). The highest BCUT2D eigenvalue weighted by atomic mass is 32.2. The topological polar surface area (TPSA) is 70.2 Å². The third-order valence-electron chi connectivity index (χ3n) is 3.31. The second-order valence-corrected chi connectivity index (χ2v) is 5.98. The van der Waals surface area contributed by atoms with Gasteiger partial charge in [-0.3, -0.25) is 10.1 Å². The van der Waals surface area contributed by atoms with Crippen molar-refractivity contribution < 1.29 is 9.66 Å². The molecule has 7 heteroatoms. The van der Waals surface area contributed by atoms with Gasteiger partial charge in [-0.1, -0.05) is 11.8 Å². The predicted molar refractivity (Wildman–Crippen MR) is 78.3 cm³/mol. The minimum absolute atomic E-state index is 0.0324. The monoisotopic (exact) mass is 305 g/mol. The summed E-state index contributed by atoms with van der Waals surface area (Å²) >= 11 is 1.53. The number of hydrogen-bond donors (Lipinski definition) is 0. The maximum Gasteiger partial charge on any atom is 0.269 e. The van der Waals surface area contributed by atoms with Crippen molar-refractivity contribution in [1.29, 1.82) is 0 Å². The van der Waals surface area contributed by atoms with Crippen molar-refractivity contribution in [2.45, 2.75) is 35.3 Å². The molecule has 1 atom stereocenters. The van der Waals surface area contributed by atoms with Crippen LogP contribution in [0, 0.1) is 10.1 Å². The lowest BCUT2D eigenvalue weighted by Gasteiger charge is -2.22. The molecule has 0 aliphatic carbocycles. The number of nitrogens with zero attached hydrogens (tertiary/aromatic N) is 3. The van der Waals surface area contributed by atoms with Gasteiger partial charge in [-0.25, -0.2) is 4.68 Å². The lowest BCUT2D eigenvalue weighted by atomic mass is 10.2. The summed E-state index contributed by atoms with van der Waals surface area (Å²) in [4.78, 5) is 12.2. The van der Waals surface area contributed by atoms with Gasteiger partial charge in [0.2, 0.25) is 0 Å². The Hall–Kier alpha value is -1.86. The van der Waals surface area contributed by atoms with Gasteiger partial charge < -0.3 is 4.74 Å². The van der Waals surface area contributed by atoms with Gasteiger partial charge >= 0.3 is 0 Å². The first-order valence-electron chi connectivity index (χ1n) is 6.80. The van der Waals surface area contributed by atoms with Crippen LogP contribution in [0.3, 0.4) is 0 Å². The van der Waals surface area contributed by atoms with E-state index < -0.39 is 4.92 Å². The van der Waals surface area contributed by atoms with Gasteiger partial charge in [-0.2, -0.15) is 5.10 Å². The Morgan fingerprint density at radius 2 is 2.10 bits per heavy atom. The van der Waals surface area contributed by atoms with Crippen LogP contribution >= 0.6 is 11.8 Å². The maximum absolute atomic E-state index is 10.6. The SMILES string of the molecule is O=[N+]([O-])c1ccc(Sc2cnn(C3CCCCO3)c2)cc1. The van der Waals surface area contributed by atoms with Crippen molar-refractivity contribution in [3.63, 3.8) is 0 Å².